The molecule has 1 aromatic carbocycles. The molecule has 45 heavy (non-hydrogen) atoms. The van der Waals surface area contributed by atoms with Crippen LogP contribution in [-0.2, 0) is 9.53 Å². The summed E-state index contributed by atoms with van der Waals surface area (Å²) in [4.78, 5) is 38.8. The molecule has 14 heteroatoms. The second kappa shape index (κ2) is 11.9. The third-order valence-electron chi connectivity index (χ3n) is 10.4. The van der Waals surface area contributed by atoms with Crippen LogP contribution in [0.1, 0.15) is 48.9 Å². The third kappa shape index (κ3) is 6.08. The number of hydrogen-bond acceptors (Lipinski definition) is 9. The van der Waals surface area contributed by atoms with Crippen LogP contribution in [0.5, 0.6) is 5.88 Å². The summed E-state index contributed by atoms with van der Waals surface area (Å²) >= 11 is -0.227. The van der Waals surface area contributed by atoms with Gasteiger partial charge in [-0.1, -0.05) is 6.07 Å². The van der Waals surface area contributed by atoms with Crippen molar-refractivity contribution in [2.45, 2.75) is 66.6 Å². The van der Waals surface area contributed by atoms with Crippen LogP contribution in [0.15, 0.2) is 35.5 Å². The van der Waals surface area contributed by atoms with Crippen molar-refractivity contribution < 1.29 is 32.2 Å². The molecular formula is C31H37F3N6O4S. The fourth-order valence-electron chi connectivity index (χ4n) is 8.61. The average Bonchev–Trinajstić information content (AvgIpc) is 3.77. The Kier molecular flexibility index (Phi) is 8.09. The van der Waals surface area contributed by atoms with E-state index in [1.54, 1.807) is 6.07 Å². The van der Waals surface area contributed by atoms with E-state index in [4.69, 9.17) is 9.47 Å². The summed E-state index contributed by atoms with van der Waals surface area (Å²) in [6, 6.07) is 5.76. The molecular weight excluding hydrogens is 609 g/mol. The number of amides is 2. The molecule has 3 N–H and O–H groups in total. The predicted octanol–water partition coefficient (Wildman–Crippen LogP) is 4.55. The van der Waals surface area contributed by atoms with Gasteiger partial charge in [0.25, 0.3) is 5.91 Å². The SMILES string of the molecule is COc1ncnc(NC23CC(C2)C(N2CCOCC2)C3)c1C(=O)N[C@@H]1[C@H]2CC[C@H](C2)[C@@H]1C(=O)Nc1cccc(SC(F)(F)F)c1. The molecule has 1 saturated heterocycles. The minimum absolute atomic E-state index is 0.00919. The number of hydrogen-bond donors (Lipinski definition) is 3. The first-order valence-corrected chi connectivity index (χ1v) is 16.4. The topological polar surface area (TPSA) is 118 Å². The molecule has 2 amide bonds. The van der Waals surface area contributed by atoms with Crippen molar-refractivity contribution in [1.29, 1.82) is 0 Å². The van der Waals surface area contributed by atoms with E-state index in [1.165, 1.54) is 31.6 Å². The van der Waals surface area contributed by atoms with Gasteiger partial charge in [0.1, 0.15) is 17.7 Å². The number of aromatic nitrogens is 2. The Labute approximate surface area is 263 Å². The Bertz CT molecular complexity index is 1450. The molecule has 5 saturated carbocycles. The molecule has 1 unspecified atom stereocenters. The van der Waals surface area contributed by atoms with Crippen LogP contribution < -0.4 is 20.7 Å². The van der Waals surface area contributed by atoms with Gasteiger partial charge in [-0.2, -0.15) is 13.2 Å². The first-order valence-electron chi connectivity index (χ1n) is 15.6. The summed E-state index contributed by atoms with van der Waals surface area (Å²) in [5.74, 6) is 0.114. The van der Waals surface area contributed by atoms with Crippen LogP contribution in [0.25, 0.3) is 0 Å². The Morgan fingerprint density at radius 3 is 2.62 bits per heavy atom. The lowest BCUT2D eigenvalue weighted by Crippen LogP contribution is -2.49. The van der Waals surface area contributed by atoms with Gasteiger partial charge in [0.05, 0.1) is 26.2 Å². The molecule has 5 atom stereocenters. The van der Waals surface area contributed by atoms with Crippen molar-refractivity contribution >= 4 is 35.1 Å². The molecule has 1 aliphatic heterocycles. The van der Waals surface area contributed by atoms with Gasteiger partial charge in [0.2, 0.25) is 11.8 Å². The van der Waals surface area contributed by atoms with Gasteiger partial charge in [-0.15, -0.1) is 0 Å². The number of anilines is 2. The lowest BCUT2D eigenvalue weighted by atomic mass is 9.76. The number of rotatable bonds is 9. The second-order valence-corrected chi connectivity index (χ2v) is 14.2. The number of benzene rings is 1. The van der Waals surface area contributed by atoms with Crippen LogP contribution >= 0.6 is 11.8 Å². The maximum absolute atomic E-state index is 14.0. The van der Waals surface area contributed by atoms with E-state index in [2.05, 4.69) is 30.8 Å². The van der Waals surface area contributed by atoms with Crippen LogP contribution in [0.2, 0.25) is 0 Å². The summed E-state index contributed by atoms with van der Waals surface area (Å²) in [5, 5.41) is 9.57. The van der Waals surface area contributed by atoms with Gasteiger partial charge in [-0.05, 0) is 86.2 Å². The lowest BCUT2D eigenvalue weighted by molar-refractivity contribution is -0.122. The zero-order valence-electron chi connectivity index (χ0n) is 24.9. The molecule has 0 radical (unpaired) electrons. The maximum atomic E-state index is 14.0. The number of thioether (sulfide) groups is 1. The summed E-state index contributed by atoms with van der Waals surface area (Å²) in [5.41, 5.74) is -4.08. The minimum atomic E-state index is -4.43. The summed E-state index contributed by atoms with van der Waals surface area (Å²) in [6.45, 7) is 3.37. The highest BCUT2D eigenvalue weighted by atomic mass is 32.2. The largest absolute Gasteiger partial charge is 0.480 e. The van der Waals surface area contributed by atoms with E-state index < -0.39 is 23.4 Å². The average molecular weight is 647 g/mol. The molecule has 2 aromatic rings. The number of carbonyl (C=O) groups is 2. The molecule has 1 aromatic heterocycles. The molecule has 2 heterocycles. The van der Waals surface area contributed by atoms with Crippen molar-refractivity contribution in [3.63, 3.8) is 0 Å². The molecule has 242 valence electrons. The van der Waals surface area contributed by atoms with Gasteiger partial charge < -0.3 is 25.4 Å². The number of methoxy groups -OCH3 is 1. The van der Waals surface area contributed by atoms with E-state index in [1.807, 2.05) is 0 Å². The fraction of sp³-hybridized carbons (Fsp3) is 0.613. The third-order valence-corrected chi connectivity index (χ3v) is 11.2. The first kappa shape index (κ1) is 30.5. The van der Waals surface area contributed by atoms with E-state index >= 15 is 0 Å². The van der Waals surface area contributed by atoms with Gasteiger partial charge in [0.15, 0.2) is 0 Å². The predicted molar refractivity (Wildman–Crippen MR) is 161 cm³/mol. The highest BCUT2D eigenvalue weighted by Crippen LogP contribution is 2.56. The first-order chi connectivity index (χ1) is 21.6. The van der Waals surface area contributed by atoms with Crippen molar-refractivity contribution in [2.75, 3.05) is 44.0 Å². The van der Waals surface area contributed by atoms with Crippen molar-refractivity contribution in [3.05, 3.63) is 36.2 Å². The maximum Gasteiger partial charge on any atom is 0.446 e. The molecule has 6 aliphatic rings. The zero-order chi connectivity index (χ0) is 31.3. The molecule has 10 nitrogen and oxygen atoms in total. The molecule has 8 rings (SSSR count). The standard InChI is InChI=1S/C31H37F3N6O4S/c1-43-29-24(26(35-16-36-29)39-30-13-19(14-30)22(15-30)40-7-9-44-10-8-40)28(42)38-25-18-6-5-17(11-18)23(25)27(41)37-20-3-2-4-21(12-20)45-31(32,33)34/h2-4,12,16-19,22-23,25H,5-11,13-15H2,1H3,(H,37,41)(H,38,42)(H,35,36,39)/t17-,18+,19?,22?,23+,25-,30?/m1/s1. The normalized spacial score (nSPS) is 32.2. The van der Waals surface area contributed by atoms with Crippen LogP contribution in [0, 0.1) is 23.7 Å². The molecule has 6 fully saturated rings. The number of ether oxygens (including phenoxy) is 2. The zero-order valence-corrected chi connectivity index (χ0v) is 25.8. The summed E-state index contributed by atoms with van der Waals surface area (Å²) in [6.07, 6.45) is 6.89. The van der Waals surface area contributed by atoms with Gasteiger partial charge in [-0.3, -0.25) is 14.5 Å². The van der Waals surface area contributed by atoms with Gasteiger partial charge >= 0.3 is 5.51 Å². The van der Waals surface area contributed by atoms with E-state index in [-0.39, 0.29) is 57.1 Å². The van der Waals surface area contributed by atoms with Crippen LogP contribution in [0.3, 0.4) is 0 Å². The van der Waals surface area contributed by atoms with Crippen LogP contribution in [0.4, 0.5) is 24.7 Å². The summed E-state index contributed by atoms with van der Waals surface area (Å²) < 4.78 is 49.8. The Hall–Kier alpha value is -3.10. The van der Waals surface area contributed by atoms with E-state index in [9.17, 15) is 22.8 Å². The molecule has 5 aliphatic carbocycles. The molecule has 0 spiro atoms. The molecule has 4 bridgehead atoms. The lowest BCUT2D eigenvalue weighted by Gasteiger charge is -2.40. The Morgan fingerprint density at radius 1 is 1.09 bits per heavy atom. The number of alkyl halides is 3. The van der Waals surface area contributed by atoms with E-state index in [0.29, 0.717) is 17.8 Å². The summed E-state index contributed by atoms with van der Waals surface area (Å²) in [7, 11) is 1.46. The highest BCUT2D eigenvalue weighted by molar-refractivity contribution is 8.00. The highest BCUT2D eigenvalue weighted by Gasteiger charge is 2.58. The van der Waals surface area contributed by atoms with Gasteiger partial charge in [0, 0.05) is 41.3 Å². The monoisotopic (exact) mass is 646 g/mol. The van der Waals surface area contributed by atoms with Crippen molar-refractivity contribution in [2.24, 2.45) is 23.7 Å². The van der Waals surface area contributed by atoms with Crippen molar-refractivity contribution in [1.82, 2.24) is 20.2 Å². The van der Waals surface area contributed by atoms with Crippen LogP contribution in [-0.4, -0.2) is 83.2 Å². The number of morpholine rings is 1. The second-order valence-electron chi connectivity index (χ2n) is 13.0. The number of fused-ring (bicyclic) bond motifs is 3. The quantitative estimate of drug-likeness (QED) is 0.338. The number of nitrogens with zero attached hydrogens (tertiary/aromatic N) is 3. The Morgan fingerprint density at radius 2 is 1.87 bits per heavy atom. The number of carbonyl (C=O) groups excluding carboxylic acids is 2. The number of halogens is 3. The smallest absolute Gasteiger partial charge is 0.446 e. The number of nitrogens with one attached hydrogen (secondary N) is 3. The minimum Gasteiger partial charge on any atom is -0.480 e. The fourth-order valence-corrected chi connectivity index (χ4v) is 9.21. The van der Waals surface area contributed by atoms with Gasteiger partial charge in [-0.25, -0.2) is 9.97 Å². The van der Waals surface area contributed by atoms with E-state index in [0.717, 1.165) is 64.8 Å². The Balaban J connectivity index is 1.07. The van der Waals surface area contributed by atoms with Crippen molar-refractivity contribution in [3.8, 4) is 5.88 Å².